The summed E-state index contributed by atoms with van der Waals surface area (Å²) in [7, 11) is 1.69. The van der Waals surface area contributed by atoms with Crippen molar-refractivity contribution in [1.82, 2.24) is 15.5 Å². The van der Waals surface area contributed by atoms with E-state index in [1.165, 1.54) is 12.8 Å². The van der Waals surface area contributed by atoms with Gasteiger partial charge in [0.25, 0.3) is 5.89 Å². The summed E-state index contributed by atoms with van der Waals surface area (Å²) >= 11 is 0. The second-order valence-corrected chi connectivity index (χ2v) is 4.55. The van der Waals surface area contributed by atoms with Gasteiger partial charge in [0.2, 0.25) is 5.82 Å². The summed E-state index contributed by atoms with van der Waals surface area (Å²) in [6, 6.07) is 0. The van der Waals surface area contributed by atoms with Crippen LogP contribution in [0.1, 0.15) is 36.8 Å². The number of morpholine rings is 1. The lowest BCUT2D eigenvalue weighted by Crippen LogP contribution is -2.33. The molecule has 0 spiro atoms. The molecule has 17 heavy (non-hydrogen) atoms. The van der Waals surface area contributed by atoms with E-state index in [4.69, 9.17) is 14.0 Å². The van der Waals surface area contributed by atoms with Gasteiger partial charge in [0.05, 0.1) is 6.61 Å². The third-order valence-electron chi connectivity index (χ3n) is 3.22. The Kier molecular flexibility index (Phi) is 3.09. The first-order valence-corrected chi connectivity index (χ1v) is 6.07. The van der Waals surface area contributed by atoms with Crippen molar-refractivity contribution in [2.45, 2.75) is 25.0 Å². The van der Waals surface area contributed by atoms with Crippen LogP contribution in [-0.4, -0.2) is 36.9 Å². The molecule has 0 bridgehead atoms. The number of nitrogens with one attached hydrogen (secondary N) is 1. The Bertz CT molecular complexity index is 372. The molecule has 2 fully saturated rings. The molecular weight excluding hydrogens is 222 g/mol. The number of hydrogen-bond acceptors (Lipinski definition) is 6. The number of aromatic nitrogens is 2. The van der Waals surface area contributed by atoms with E-state index in [-0.39, 0.29) is 12.2 Å². The normalized spacial score (nSPS) is 27.0. The molecular formula is C11H17N3O3. The van der Waals surface area contributed by atoms with Gasteiger partial charge in [-0.3, -0.25) is 0 Å². The zero-order valence-corrected chi connectivity index (χ0v) is 9.89. The lowest BCUT2D eigenvalue weighted by Gasteiger charge is -2.20. The number of nitrogens with zero attached hydrogens (tertiary/aromatic N) is 2. The molecule has 1 N–H and O–H groups in total. The predicted octanol–water partition coefficient (Wildman–Crippen LogP) is 0.828. The van der Waals surface area contributed by atoms with Gasteiger partial charge >= 0.3 is 0 Å². The average molecular weight is 239 g/mol. The lowest BCUT2D eigenvalue weighted by atomic mass is 10.2. The van der Waals surface area contributed by atoms with Gasteiger partial charge in [-0.25, -0.2) is 0 Å². The third-order valence-corrected chi connectivity index (χ3v) is 3.22. The fraction of sp³-hybridized carbons (Fsp3) is 0.818. The molecule has 2 atom stereocenters. The number of rotatable bonds is 4. The van der Waals surface area contributed by atoms with Crippen molar-refractivity contribution in [1.29, 1.82) is 0 Å². The summed E-state index contributed by atoms with van der Waals surface area (Å²) in [5.41, 5.74) is 0. The van der Waals surface area contributed by atoms with Crippen LogP contribution in [0.3, 0.4) is 0 Å². The first-order valence-electron chi connectivity index (χ1n) is 6.07. The minimum Gasteiger partial charge on any atom is -0.373 e. The molecule has 2 aliphatic rings. The van der Waals surface area contributed by atoms with Gasteiger partial charge in [0.1, 0.15) is 12.2 Å². The van der Waals surface area contributed by atoms with E-state index in [2.05, 4.69) is 15.5 Å². The van der Waals surface area contributed by atoms with E-state index in [1.54, 1.807) is 7.11 Å². The molecule has 2 unspecified atom stereocenters. The smallest absolute Gasteiger partial charge is 0.257 e. The summed E-state index contributed by atoms with van der Waals surface area (Å²) in [6.45, 7) is 2.28. The van der Waals surface area contributed by atoms with E-state index < -0.39 is 0 Å². The van der Waals surface area contributed by atoms with E-state index in [1.807, 2.05) is 0 Å². The quantitative estimate of drug-likeness (QED) is 0.839. The molecule has 1 saturated carbocycles. The monoisotopic (exact) mass is 239 g/mol. The van der Waals surface area contributed by atoms with Crippen molar-refractivity contribution >= 4 is 0 Å². The minimum absolute atomic E-state index is 0.0240. The summed E-state index contributed by atoms with van der Waals surface area (Å²) in [4.78, 5) is 4.40. The second kappa shape index (κ2) is 4.72. The molecule has 2 heterocycles. The Labute approximate surface area is 99.7 Å². The van der Waals surface area contributed by atoms with Crippen LogP contribution in [0.4, 0.5) is 0 Å². The molecule has 0 aromatic carbocycles. The SMILES string of the molecule is COC(c1noc(C2CNCCO2)n1)C1CC1. The van der Waals surface area contributed by atoms with Gasteiger partial charge < -0.3 is 19.3 Å². The highest BCUT2D eigenvalue weighted by Crippen LogP contribution is 2.42. The van der Waals surface area contributed by atoms with Crippen LogP contribution < -0.4 is 5.32 Å². The Hall–Kier alpha value is -0.980. The summed E-state index contributed by atoms with van der Waals surface area (Å²) < 4.78 is 16.2. The largest absolute Gasteiger partial charge is 0.373 e. The van der Waals surface area contributed by atoms with Gasteiger partial charge in [-0.05, 0) is 18.8 Å². The van der Waals surface area contributed by atoms with Crippen LogP contribution in [0.15, 0.2) is 4.52 Å². The highest BCUT2D eigenvalue weighted by molar-refractivity contribution is 5.00. The van der Waals surface area contributed by atoms with E-state index >= 15 is 0 Å². The maximum Gasteiger partial charge on any atom is 0.257 e. The van der Waals surface area contributed by atoms with Crippen LogP contribution >= 0.6 is 0 Å². The van der Waals surface area contributed by atoms with Crippen LogP contribution in [0, 0.1) is 5.92 Å². The van der Waals surface area contributed by atoms with Crippen molar-refractivity contribution < 1.29 is 14.0 Å². The summed E-state index contributed by atoms with van der Waals surface area (Å²) in [5, 5.41) is 7.24. The van der Waals surface area contributed by atoms with Gasteiger partial charge in [-0.15, -0.1) is 0 Å². The molecule has 6 nitrogen and oxygen atoms in total. The molecule has 94 valence electrons. The molecule has 1 saturated heterocycles. The van der Waals surface area contributed by atoms with Crippen molar-refractivity contribution in [2.24, 2.45) is 5.92 Å². The highest BCUT2D eigenvalue weighted by atomic mass is 16.5. The van der Waals surface area contributed by atoms with E-state index in [9.17, 15) is 0 Å². The van der Waals surface area contributed by atoms with Gasteiger partial charge in [0, 0.05) is 20.2 Å². The standard InChI is InChI=1S/C11H17N3O3/c1-15-9(7-2-3-7)10-13-11(17-14-10)8-6-12-4-5-16-8/h7-9,12H,2-6H2,1H3. The van der Waals surface area contributed by atoms with Crippen molar-refractivity contribution in [2.75, 3.05) is 26.8 Å². The first kappa shape index (κ1) is 11.1. The maximum absolute atomic E-state index is 5.57. The van der Waals surface area contributed by atoms with Gasteiger partial charge in [-0.1, -0.05) is 5.16 Å². The van der Waals surface area contributed by atoms with Gasteiger partial charge in [-0.2, -0.15) is 4.98 Å². The Morgan fingerprint density at radius 3 is 3.00 bits per heavy atom. The molecule has 1 aromatic heterocycles. The topological polar surface area (TPSA) is 69.4 Å². The molecule has 0 amide bonds. The van der Waals surface area contributed by atoms with Crippen LogP contribution in [0.5, 0.6) is 0 Å². The lowest BCUT2D eigenvalue weighted by molar-refractivity contribution is 0.00754. The summed E-state index contributed by atoms with van der Waals surface area (Å²) in [6.07, 6.45) is 2.22. The minimum atomic E-state index is -0.123. The highest BCUT2D eigenvalue weighted by Gasteiger charge is 2.36. The Balaban J connectivity index is 1.72. The maximum atomic E-state index is 5.57. The van der Waals surface area contributed by atoms with E-state index in [0.717, 1.165) is 13.1 Å². The molecule has 6 heteroatoms. The zero-order chi connectivity index (χ0) is 11.7. The van der Waals surface area contributed by atoms with Gasteiger partial charge in [0.15, 0.2) is 0 Å². The van der Waals surface area contributed by atoms with Crippen LogP contribution in [0.2, 0.25) is 0 Å². The zero-order valence-electron chi connectivity index (χ0n) is 9.89. The van der Waals surface area contributed by atoms with Crippen molar-refractivity contribution in [3.05, 3.63) is 11.7 Å². The molecule has 1 aromatic rings. The molecule has 1 aliphatic heterocycles. The first-order chi connectivity index (χ1) is 8.38. The molecule has 3 rings (SSSR count). The Morgan fingerprint density at radius 1 is 1.47 bits per heavy atom. The number of methoxy groups -OCH3 is 1. The number of hydrogen-bond donors (Lipinski definition) is 1. The molecule has 1 aliphatic carbocycles. The molecule has 0 radical (unpaired) electrons. The Morgan fingerprint density at radius 2 is 2.35 bits per heavy atom. The number of ether oxygens (including phenoxy) is 2. The van der Waals surface area contributed by atoms with Crippen LogP contribution in [-0.2, 0) is 9.47 Å². The average Bonchev–Trinajstić information content (AvgIpc) is 3.09. The van der Waals surface area contributed by atoms with Crippen molar-refractivity contribution in [3.63, 3.8) is 0 Å². The van der Waals surface area contributed by atoms with Crippen LogP contribution in [0.25, 0.3) is 0 Å². The fourth-order valence-electron chi connectivity index (χ4n) is 2.13. The fourth-order valence-corrected chi connectivity index (χ4v) is 2.13. The van der Waals surface area contributed by atoms with Crippen molar-refractivity contribution in [3.8, 4) is 0 Å². The predicted molar refractivity (Wildman–Crippen MR) is 58.3 cm³/mol. The van der Waals surface area contributed by atoms with E-state index in [0.29, 0.717) is 24.2 Å². The summed E-state index contributed by atoms with van der Waals surface area (Å²) in [5.74, 6) is 1.75. The third kappa shape index (κ3) is 2.34. The second-order valence-electron chi connectivity index (χ2n) is 4.55.